The van der Waals surface area contributed by atoms with E-state index in [0.29, 0.717) is 13.0 Å². The third-order valence-electron chi connectivity index (χ3n) is 2.68. The zero-order chi connectivity index (χ0) is 15.3. The Bertz CT molecular complexity index is 551. The molecule has 0 bridgehead atoms. The number of hydrogen-bond donors (Lipinski definition) is 2. The normalized spacial score (nSPS) is 13.4. The van der Waals surface area contributed by atoms with Gasteiger partial charge in [-0.2, -0.15) is 4.31 Å². The zero-order valence-corrected chi connectivity index (χ0v) is 12.3. The smallest absolute Gasteiger partial charge is 0.335 e. The Kier molecular flexibility index (Phi) is 5.67. The standard InChI is InChI=1S/C13H19NO5S/c1-3-8-14(9-10(2)15)20(18,19)12-6-4-11(5-7-12)13(16)17/h4-7,10,15H,3,8-9H2,1-2H3,(H,16,17)/t10-/m1/s1. The van der Waals surface area contributed by atoms with Gasteiger partial charge in [-0.25, -0.2) is 13.2 Å². The van der Waals surface area contributed by atoms with E-state index in [0.717, 1.165) is 0 Å². The van der Waals surface area contributed by atoms with Crippen LogP contribution in [0.15, 0.2) is 29.2 Å². The molecule has 0 aliphatic rings. The van der Waals surface area contributed by atoms with Crippen LogP contribution in [0.4, 0.5) is 0 Å². The summed E-state index contributed by atoms with van der Waals surface area (Å²) in [6.45, 7) is 3.68. The van der Waals surface area contributed by atoms with Gasteiger partial charge in [-0.15, -0.1) is 0 Å². The second-order valence-electron chi connectivity index (χ2n) is 4.54. The molecule has 0 spiro atoms. The van der Waals surface area contributed by atoms with Crippen LogP contribution in [-0.2, 0) is 10.0 Å². The fourth-order valence-electron chi connectivity index (χ4n) is 1.77. The van der Waals surface area contributed by atoms with E-state index < -0.39 is 22.1 Å². The highest BCUT2D eigenvalue weighted by molar-refractivity contribution is 7.89. The van der Waals surface area contributed by atoms with Crippen molar-refractivity contribution in [3.8, 4) is 0 Å². The summed E-state index contributed by atoms with van der Waals surface area (Å²) in [6.07, 6.45) is -0.145. The van der Waals surface area contributed by atoms with Gasteiger partial charge in [0.2, 0.25) is 10.0 Å². The molecule has 0 aliphatic heterocycles. The summed E-state index contributed by atoms with van der Waals surface area (Å²) in [5.41, 5.74) is 0.0292. The van der Waals surface area contributed by atoms with Crippen LogP contribution < -0.4 is 0 Å². The zero-order valence-electron chi connectivity index (χ0n) is 11.5. The lowest BCUT2D eigenvalue weighted by Crippen LogP contribution is -2.37. The van der Waals surface area contributed by atoms with Crippen LogP contribution in [-0.4, -0.2) is 48.1 Å². The molecule has 20 heavy (non-hydrogen) atoms. The summed E-state index contributed by atoms with van der Waals surface area (Å²) in [5, 5.41) is 18.2. The molecule has 2 N–H and O–H groups in total. The van der Waals surface area contributed by atoms with Gasteiger partial charge in [0.1, 0.15) is 0 Å². The van der Waals surface area contributed by atoms with Gasteiger partial charge >= 0.3 is 5.97 Å². The fraction of sp³-hybridized carbons (Fsp3) is 0.462. The predicted octanol–water partition coefficient (Wildman–Crippen LogP) is 1.17. The first-order valence-electron chi connectivity index (χ1n) is 6.30. The average molecular weight is 301 g/mol. The van der Waals surface area contributed by atoms with Crippen LogP contribution in [0.25, 0.3) is 0 Å². The molecule has 1 aromatic rings. The second-order valence-corrected chi connectivity index (χ2v) is 6.48. The van der Waals surface area contributed by atoms with E-state index in [1.54, 1.807) is 0 Å². The predicted molar refractivity (Wildman–Crippen MR) is 74.1 cm³/mol. The largest absolute Gasteiger partial charge is 0.478 e. The molecule has 0 unspecified atom stereocenters. The molecule has 0 saturated carbocycles. The first-order valence-corrected chi connectivity index (χ1v) is 7.74. The van der Waals surface area contributed by atoms with E-state index in [1.165, 1.54) is 35.5 Å². The third-order valence-corrected chi connectivity index (χ3v) is 4.56. The molecule has 1 aromatic carbocycles. The third kappa shape index (κ3) is 4.03. The van der Waals surface area contributed by atoms with Gasteiger partial charge in [-0.3, -0.25) is 0 Å². The maximum absolute atomic E-state index is 12.4. The number of sulfonamides is 1. The molecule has 1 atom stereocenters. The summed E-state index contributed by atoms with van der Waals surface area (Å²) in [5.74, 6) is -1.11. The molecule has 7 heteroatoms. The number of carbonyl (C=O) groups is 1. The number of benzene rings is 1. The fourth-order valence-corrected chi connectivity index (χ4v) is 3.39. The Morgan fingerprint density at radius 1 is 1.30 bits per heavy atom. The van der Waals surface area contributed by atoms with Crippen LogP contribution in [0, 0.1) is 0 Å². The number of carboxylic acid groups (broad SMARTS) is 1. The summed E-state index contributed by atoms with van der Waals surface area (Å²) in [6, 6.07) is 5.04. The van der Waals surface area contributed by atoms with Crippen molar-refractivity contribution in [1.29, 1.82) is 0 Å². The molecule has 0 aliphatic carbocycles. The second kappa shape index (κ2) is 6.83. The van der Waals surface area contributed by atoms with Gasteiger partial charge in [0.05, 0.1) is 16.6 Å². The van der Waals surface area contributed by atoms with Gasteiger partial charge in [0, 0.05) is 13.1 Å². The summed E-state index contributed by atoms with van der Waals surface area (Å²) in [7, 11) is -3.72. The van der Waals surface area contributed by atoms with Gasteiger partial charge in [-0.1, -0.05) is 6.92 Å². The van der Waals surface area contributed by atoms with Crippen LogP contribution in [0.5, 0.6) is 0 Å². The molecule has 0 fully saturated rings. The van der Waals surface area contributed by atoms with Crippen LogP contribution >= 0.6 is 0 Å². The van der Waals surface area contributed by atoms with Gasteiger partial charge in [0.25, 0.3) is 0 Å². The maximum Gasteiger partial charge on any atom is 0.335 e. The molecule has 0 radical (unpaired) electrons. The van der Waals surface area contributed by atoms with E-state index in [4.69, 9.17) is 5.11 Å². The highest BCUT2D eigenvalue weighted by Crippen LogP contribution is 2.17. The van der Waals surface area contributed by atoms with E-state index in [9.17, 15) is 18.3 Å². The van der Waals surface area contributed by atoms with Crippen LogP contribution in [0.2, 0.25) is 0 Å². The number of nitrogens with zero attached hydrogens (tertiary/aromatic N) is 1. The lowest BCUT2D eigenvalue weighted by Gasteiger charge is -2.23. The lowest BCUT2D eigenvalue weighted by molar-refractivity contribution is 0.0696. The monoisotopic (exact) mass is 301 g/mol. The quantitative estimate of drug-likeness (QED) is 0.788. The first kappa shape index (κ1) is 16.6. The molecule has 112 valence electrons. The Hall–Kier alpha value is -1.44. The van der Waals surface area contributed by atoms with Crippen molar-refractivity contribution in [2.45, 2.75) is 31.3 Å². The number of aliphatic hydroxyl groups excluding tert-OH is 1. The minimum absolute atomic E-state index is 0.0108. The van der Waals surface area contributed by atoms with E-state index in [-0.39, 0.29) is 17.0 Å². The molecule has 6 nitrogen and oxygen atoms in total. The van der Waals surface area contributed by atoms with Gasteiger partial charge in [0.15, 0.2) is 0 Å². The topological polar surface area (TPSA) is 94.9 Å². The maximum atomic E-state index is 12.4. The Labute approximate surface area is 118 Å². The average Bonchev–Trinajstić information content (AvgIpc) is 2.37. The van der Waals surface area contributed by atoms with Gasteiger partial charge in [-0.05, 0) is 37.6 Å². The lowest BCUT2D eigenvalue weighted by atomic mass is 10.2. The van der Waals surface area contributed by atoms with Crippen molar-refractivity contribution >= 4 is 16.0 Å². The number of aliphatic hydroxyl groups is 1. The number of rotatable bonds is 7. The molecule has 0 heterocycles. The summed E-state index contributed by atoms with van der Waals surface area (Å²) in [4.78, 5) is 10.8. The number of hydrogen-bond acceptors (Lipinski definition) is 4. The molecule has 0 aromatic heterocycles. The molecule has 1 rings (SSSR count). The van der Waals surface area contributed by atoms with Crippen LogP contribution in [0.3, 0.4) is 0 Å². The SMILES string of the molecule is CCCN(C[C@@H](C)O)S(=O)(=O)c1ccc(C(=O)O)cc1. The van der Waals surface area contributed by atoms with Crippen LogP contribution in [0.1, 0.15) is 30.6 Å². The van der Waals surface area contributed by atoms with E-state index in [1.807, 2.05) is 6.92 Å². The molecular formula is C13H19NO5S. The highest BCUT2D eigenvalue weighted by atomic mass is 32.2. The number of aromatic carboxylic acids is 1. The Morgan fingerprint density at radius 3 is 2.25 bits per heavy atom. The molecule has 0 saturated heterocycles. The van der Waals surface area contributed by atoms with Crippen molar-refractivity contribution in [1.82, 2.24) is 4.31 Å². The summed E-state index contributed by atoms with van der Waals surface area (Å²) < 4.78 is 26.0. The van der Waals surface area contributed by atoms with Crippen molar-refractivity contribution in [2.75, 3.05) is 13.1 Å². The minimum atomic E-state index is -3.72. The van der Waals surface area contributed by atoms with Crippen molar-refractivity contribution < 1.29 is 23.4 Å². The van der Waals surface area contributed by atoms with Crippen molar-refractivity contribution in [3.63, 3.8) is 0 Å². The highest BCUT2D eigenvalue weighted by Gasteiger charge is 2.25. The van der Waals surface area contributed by atoms with Gasteiger partial charge < -0.3 is 10.2 Å². The van der Waals surface area contributed by atoms with Crippen molar-refractivity contribution in [2.24, 2.45) is 0 Å². The Balaban J connectivity index is 3.08. The molecular weight excluding hydrogens is 282 g/mol. The van der Waals surface area contributed by atoms with E-state index >= 15 is 0 Å². The number of carboxylic acids is 1. The minimum Gasteiger partial charge on any atom is -0.478 e. The Morgan fingerprint density at radius 2 is 1.85 bits per heavy atom. The molecule has 0 amide bonds. The summed E-state index contributed by atoms with van der Waals surface area (Å²) >= 11 is 0. The first-order chi connectivity index (χ1) is 9.28. The van der Waals surface area contributed by atoms with E-state index in [2.05, 4.69) is 0 Å². The van der Waals surface area contributed by atoms with Crippen molar-refractivity contribution in [3.05, 3.63) is 29.8 Å².